The van der Waals surface area contributed by atoms with Crippen LogP contribution in [0.1, 0.15) is 29.5 Å². The molecule has 0 aliphatic carbocycles. The number of ether oxygens (including phenoxy) is 1. The van der Waals surface area contributed by atoms with Gasteiger partial charge >= 0.3 is 5.97 Å². The Kier molecular flexibility index (Phi) is 6.50. The number of nitrogen functional groups attached to an aromatic ring is 1. The molecule has 0 aliphatic rings. The molecule has 11 heteroatoms. The Labute approximate surface area is 157 Å². The summed E-state index contributed by atoms with van der Waals surface area (Å²) in [4.78, 5) is 25.9. The lowest BCUT2D eigenvalue weighted by atomic mass is 10.2. The molecule has 1 heterocycles. The first kappa shape index (κ1) is 20.4. The lowest BCUT2D eigenvalue weighted by Crippen LogP contribution is -2.17. The van der Waals surface area contributed by atoms with Gasteiger partial charge in [-0.25, -0.2) is 13.2 Å². The summed E-state index contributed by atoms with van der Waals surface area (Å²) in [7, 11) is 0.0436. The van der Waals surface area contributed by atoms with Gasteiger partial charge in [0.25, 0.3) is 0 Å². The third-order valence-corrected chi connectivity index (χ3v) is 4.76. The second kappa shape index (κ2) is 8.62. The van der Waals surface area contributed by atoms with Crippen LogP contribution in [0.3, 0.4) is 0 Å². The van der Waals surface area contributed by atoms with Gasteiger partial charge in [-0.05, 0) is 24.6 Å². The van der Waals surface area contributed by atoms with E-state index in [4.69, 9.17) is 10.5 Å². The van der Waals surface area contributed by atoms with Crippen molar-refractivity contribution in [2.45, 2.75) is 20.0 Å². The molecular formula is C16H22N6O4S. The van der Waals surface area contributed by atoms with Crippen LogP contribution in [0.15, 0.2) is 24.3 Å². The predicted molar refractivity (Wildman–Crippen MR) is 102 cm³/mol. The Hall–Kier alpha value is -2.95. The molecule has 1 aromatic heterocycles. The summed E-state index contributed by atoms with van der Waals surface area (Å²) in [6.45, 7) is 1.57. The Balaban J connectivity index is 2.08. The van der Waals surface area contributed by atoms with Gasteiger partial charge in [-0.2, -0.15) is 15.0 Å². The summed E-state index contributed by atoms with van der Waals surface area (Å²) in [6.07, 6.45) is 0.487. The van der Waals surface area contributed by atoms with Crippen LogP contribution < -0.4 is 15.4 Å². The van der Waals surface area contributed by atoms with E-state index in [0.717, 1.165) is 0 Å². The zero-order chi connectivity index (χ0) is 20.0. The maximum Gasteiger partial charge on any atom is 0.338 e. The summed E-state index contributed by atoms with van der Waals surface area (Å²) in [5, 5.41) is 0. The topological polar surface area (TPSA) is 140 Å². The van der Waals surface area contributed by atoms with Crippen LogP contribution >= 0.6 is 0 Å². The second-order valence-corrected chi connectivity index (χ2v) is 7.72. The molecule has 27 heavy (non-hydrogen) atoms. The Bertz CT molecular complexity index is 917. The van der Waals surface area contributed by atoms with Gasteiger partial charge in [0.15, 0.2) is 12.4 Å². The van der Waals surface area contributed by atoms with Crippen molar-refractivity contribution >= 4 is 33.6 Å². The number of benzene rings is 1. The van der Waals surface area contributed by atoms with Crippen LogP contribution in [0.2, 0.25) is 0 Å². The van der Waals surface area contributed by atoms with Gasteiger partial charge in [0.1, 0.15) is 0 Å². The summed E-state index contributed by atoms with van der Waals surface area (Å²) >= 11 is 0. The number of hydrogen-bond acceptors (Lipinski definition) is 9. The van der Waals surface area contributed by atoms with Crippen molar-refractivity contribution in [2.75, 3.05) is 35.2 Å². The minimum Gasteiger partial charge on any atom is -0.454 e. The highest BCUT2D eigenvalue weighted by Crippen LogP contribution is 2.15. The van der Waals surface area contributed by atoms with Gasteiger partial charge in [0.2, 0.25) is 21.9 Å². The summed E-state index contributed by atoms with van der Waals surface area (Å²) in [5.74, 6) is -0.0688. The number of carbonyl (C=O) groups excluding carboxylic acids is 1. The van der Waals surface area contributed by atoms with Gasteiger partial charge in [-0.3, -0.25) is 4.72 Å². The minimum atomic E-state index is -3.45. The predicted octanol–water partition coefficient (Wildman–Crippen LogP) is 1.03. The molecule has 10 nitrogen and oxygen atoms in total. The highest BCUT2D eigenvalue weighted by atomic mass is 32.2. The Morgan fingerprint density at radius 1 is 1.26 bits per heavy atom. The standard InChI is InChI=1S/C16H22N6O4S/c1-4-8-27(24,25)21-12-7-5-6-11(9-12)14(23)26-10-13-18-15(17)20-16(19-13)22(2)3/h5-7,9,21H,4,8,10H2,1-3H3,(H2,17,18,19,20). The molecule has 1 aromatic carbocycles. The van der Waals surface area contributed by atoms with E-state index in [0.29, 0.717) is 12.4 Å². The molecule has 0 radical (unpaired) electrons. The molecule has 0 amide bonds. The van der Waals surface area contributed by atoms with Crippen LogP contribution in [0.4, 0.5) is 17.6 Å². The molecule has 3 N–H and O–H groups in total. The average molecular weight is 394 g/mol. The normalized spacial score (nSPS) is 11.1. The molecule has 146 valence electrons. The monoisotopic (exact) mass is 394 g/mol. The quantitative estimate of drug-likeness (QED) is 0.628. The molecule has 0 bridgehead atoms. The largest absolute Gasteiger partial charge is 0.454 e. The van der Waals surface area contributed by atoms with E-state index in [1.165, 1.54) is 12.1 Å². The van der Waals surface area contributed by atoms with Crippen molar-refractivity contribution in [2.24, 2.45) is 0 Å². The lowest BCUT2D eigenvalue weighted by Gasteiger charge is -2.12. The van der Waals surface area contributed by atoms with Crippen molar-refractivity contribution in [3.8, 4) is 0 Å². The molecule has 2 aromatic rings. The number of nitrogens with two attached hydrogens (primary N) is 1. The van der Waals surface area contributed by atoms with Crippen LogP contribution in [0, 0.1) is 0 Å². The van der Waals surface area contributed by atoms with Crippen molar-refractivity contribution in [3.05, 3.63) is 35.7 Å². The number of nitrogens with one attached hydrogen (secondary N) is 1. The Morgan fingerprint density at radius 2 is 2.00 bits per heavy atom. The van der Waals surface area contributed by atoms with Crippen LogP contribution in [0.25, 0.3) is 0 Å². The van der Waals surface area contributed by atoms with Crippen molar-refractivity contribution in [3.63, 3.8) is 0 Å². The third-order valence-electron chi connectivity index (χ3n) is 3.26. The number of sulfonamides is 1. The third kappa shape index (κ3) is 6.06. The fourth-order valence-electron chi connectivity index (χ4n) is 2.11. The molecule has 0 fully saturated rings. The maximum absolute atomic E-state index is 12.3. The van der Waals surface area contributed by atoms with E-state index >= 15 is 0 Å². The Morgan fingerprint density at radius 3 is 2.67 bits per heavy atom. The number of nitrogens with zero attached hydrogens (tertiary/aromatic N) is 4. The molecular weight excluding hydrogens is 372 g/mol. The van der Waals surface area contributed by atoms with Gasteiger partial charge in [-0.1, -0.05) is 13.0 Å². The molecule has 2 rings (SSSR count). The van der Waals surface area contributed by atoms with Gasteiger partial charge in [0.05, 0.1) is 11.3 Å². The van der Waals surface area contributed by atoms with Crippen molar-refractivity contribution < 1.29 is 17.9 Å². The average Bonchev–Trinajstić information content (AvgIpc) is 2.58. The number of hydrogen-bond donors (Lipinski definition) is 2. The van der Waals surface area contributed by atoms with Gasteiger partial charge in [0, 0.05) is 19.8 Å². The molecule has 0 aliphatic heterocycles. The number of rotatable bonds is 8. The maximum atomic E-state index is 12.3. The van der Waals surface area contributed by atoms with E-state index in [9.17, 15) is 13.2 Å². The molecule has 0 spiro atoms. The first-order valence-electron chi connectivity index (χ1n) is 8.15. The molecule has 0 atom stereocenters. The van der Waals surface area contributed by atoms with Crippen molar-refractivity contribution in [1.82, 2.24) is 15.0 Å². The second-order valence-electron chi connectivity index (χ2n) is 5.88. The van der Waals surface area contributed by atoms with Gasteiger partial charge < -0.3 is 15.4 Å². The summed E-state index contributed by atoms with van der Waals surface area (Å²) in [5.41, 5.74) is 6.11. The van der Waals surface area contributed by atoms with Gasteiger partial charge in [-0.15, -0.1) is 0 Å². The van der Waals surface area contributed by atoms with E-state index in [2.05, 4.69) is 19.7 Å². The first-order chi connectivity index (χ1) is 12.7. The minimum absolute atomic E-state index is 0.00329. The number of carbonyl (C=O) groups is 1. The number of esters is 1. The number of aromatic nitrogens is 3. The van der Waals surface area contributed by atoms with E-state index in [-0.39, 0.29) is 35.4 Å². The fraction of sp³-hybridized carbons (Fsp3) is 0.375. The van der Waals surface area contributed by atoms with Crippen LogP contribution in [0.5, 0.6) is 0 Å². The zero-order valence-corrected chi connectivity index (χ0v) is 16.2. The fourth-order valence-corrected chi connectivity index (χ4v) is 3.24. The lowest BCUT2D eigenvalue weighted by molar-refractivity contribution is 0.0462. The van der Waals surface area contributed by atoms with E-state index in [1.807, 2.05) is 0 Å². The van der Waals surface area contributed by atoms with Crippen LogP contribution in [-0.2, 0) is 21.4 Å². The molecule has 0 saturated heterocycles. The molecule has 0 unspecified atom stereocenters. The van der Waals surface area contributed by atoms with E-state index in [1.54, 1.807) is 38.1 Å². The summed E-state index contributed by atoms with van der Waals surface area (Å²) < 4.78 is 31.3. The highest BCUT2D eigenvalue weighted by molar-refractivity contribution is 7.92. The summed E-state index contributed by atoms with van der Waals surface area (Å²) in [6, 6.07) is 6.04. The number of anilines is 3. The highest BCUT2D eigenvalue weighted by Gasteiger charge is 2.14. The van der Waals surface area contributed by atoms with Crippen molar-refractivity contribution in [1.29, 1.82) is 0 Å². The zero-order valence-electron chi connectivity index (χ0n) is 15.3. The smallest absolute Gasteiger partial charge is 0.338 e. The first-order valence-corrected chi connectivity index (χ1v) is 9.81. The van der Waals surface area contributed by atoms with Crippen LogP contribution in [-0.4, -0.2) is 49.2 Å². The molecule has 0 saturated carbocycles. The SMILES string of the molecule is CCCS(=O)(=O)Nc1cccc(C(=O)OCc2nc(N)nc(N(C)C)n2)c1. The van der Waals surface area contributed by atoms with E-state index < -0.39 is 16.0 Å².